The summed E-state index contributed by atoms with van der Waals surface area (Å²) in [5, 5.41) is 37.4. The molecule has 108 heavy (non-hydrogen) atoms. The lowest BCUT2D eigenvalue weighted by atomic mass is 9.94. The summed E-state index contributed by atoms with van der Waals surface area (Å²) in [6.45, 7) is 16.7. The van der Waals surface area contributed by atoms with Crippen LogP contribution in [0.25, 0.3) is 0 Å². The average Bonchev–Trinajstić information content (AvgIpc) is 1.04. The first kappa shape index (κ1) is 82.5. The summed E-state index contributed by atoms with van der Waals surface area (Å²) in [6, 6.07) is 8.09. The van der Waals surface area contributed by atoms with Gasteiger partial charge in [0.1, 0.15) is 47.9 Å². The molecule has 3 aromatic carbocycles. The number of benzene rings is 3. The molecule has 0 aliphatic carbocycles. The van der Waals surface area contributed by atoms with Crippen LogP contribution in [0, 0.1) is 11.6 Å². The number of ether oxygens (including phenoxy) is 7. The summed E-state index contributed by atoms with van der Waals surface area (Å²) in [5.74, 6) is -3.90. The number of carbonyl (C=O) groups excluding carboxylic acids is 4. The van der Waals surface area contributed by atoms with Gasteiger partial charge in [-0.3, -0.25) is 44.1 Å². The Balaban J connectivity index is 0.000000173. The van der Waals surface area contributed by atoms with Crippen molar-refractivity contribution in [2.24, 2.45) is 15.0 Å². The molecular weight excluding hydrogens is 1590 g/mol. The fourth-order valence-corrected chi connectivity index (χ4v) is 15.7. The SMILES string of the molecule is CCOC(=O)C1=C(CN2CC(C)(C)OC[C@H]2C(=O)O)NC(c2nccs2)=NC1c1ccc(F)cc1Cl.CCOC(=O)C1=C(CN2CC(C)(C)OC[C@H]2C(=O)OC)NC(c2nccs2)=NC1c1ccc(Cl)cc1Cl.CCOC(=O)C1=C(CN2CC(C)OC[C@H]2C(=O)O)NC(c2nccs2)=NC1c1ccc(F)cc1Br. The van der Waals surface area contributed by atoms with Crippen molar-refractivity contribution in [3.8, 4) is 0 Å². The molecule has 36 heteroatoms. The van der Waals surface area contributed by atoms with Crippen molar-refractivity contribution in [1.82, 2.24) is 45.6 Å². The van der Waals surface area contributed by atoms with Gasteiger partial charge in [-0.1, -0.05) is 68.9 Å². The second-order valence-electron chi connectivity index (χ2n) is 26.1. The molecule has 5 N–H and O–H groups in total. The van der Waals surface area contributed by atoms with Crippen molar-refractivity contribution in [3.05, 3.63) is 186 Å². The number of amidine groups is 3. The molecule has 0 spiro atoms. The zero-order valence-electron chi connectivity index (χ0n) is 59.9. The van der Waals surface area contributed by atoms with E-state index in [1.165, 1.54) is 65.4 Å². The first-order valence-electron chi connectivity index (χ1n) is 34.0. The van der Waals surface area contributed by atoms with Gasteiger partial charge in [-0.05, 0) is 97.4 Å². The maximum atomic E-state index is 13.9. The Hall–Kier alpha value is -8.03. The maximum absolute atomic E-state index is 13.9. The van der Waals surface area contributed by atoms with E-state index in [1.54, 1.807) is 84.2 Å². The predicted octanol–water partition coefficient (Wildman–Crippen LogP) is 10.5. The van der Waals surface area contributed by atoms with E-state index in [1.807, 2.05) is 44.9 Å². The Kier molecular flexibility index (Phi) is 28.0. The highest BCUT2D eigenvalue weighted by Gasteiger charge is 2.45. The van der Waals surface area contributed by atoms with Gasteiger partial charge in [0.15, 0.2) is 32.5 Å². The van der Waals surface area contributed by atoms with Crippen LogP contribution in [0.4, 0.5) is 8.78 Å². The van der Waals surface area contributed by atoms with Crippen LogP contribution in [0.5, 0.6) is 0 Å². The van der Waals surface area contributed by atoms with Gasteiger partial charge in [0, 0.05) is 122 Å². The Morgan fingerprint density at radius 3 is 1.36 bits per heavy atom. The summed E-state index contributed by atoms with van der Waals surface area (Å²) < 4.78 is 66.6. The van der Waals surface area contributed by atoms with Gasteiger partial charge in [0.25, 0.3) is 0 Å². The van der Waals surface area contributed by atoms with Crippen LogP contribution in [0.1, 0.15) is 105 Å². The molecule has 6 aromatic rings. The number of morpholine rings is 3. The van der Waals surface area contributed by atoms with Gasteiger partial charge >= 0.3 is 35.8 Å². The molecule has 0 saturated carbocycles. The number of thiazole rings is 3. The third-order valence-corrected chi connectivity index (χ3v) is 21.4. The number of hydrogen-bond acceptors (Lipinski definition) is 28. The van der Waals surface area contributed by atoms with E-state index in [2.05, 4.69) is 46.8 Å². The van der Waals surface area contributed by atoms with Crippen molar-refractivity contribution in [2.75, 3.05) is 86.0 Å². The lowest BCUT2D eigenvalue weighted by Crippen LogP contribution is -2.58. The van der Waals surface area contributed by atoms with Crippen LogP contribution in [-0.4, -0.2) is 215 Å². The maximum Gasteiger partial charge on any atom is 0.338 e. The second kappa shape index (κ2) is 36.7. The van der Waals surface area contributed by atoms with Crippen molar-refractivity contribution in [1.29, 1.82) is 0 Å². The zero-order valence-corrected chi connectivity index (χ0v) is 66.2. The van der Waals surface area contributed by atoms with E-state index in [0.29, 0.717) is 106 Å². The highest BCUT2D eigenvalue weighted by atomic mass is 79.9. The molecular formula is C72H78BrCl3F2N12O15S3. The number of aliphatic carboxylic acids is 2. The van der Waals surface area contributed by atoms with Gasteiger partial charge in [-0.25, -0.2) is 38.1 Å². The number of nitrogens with one attached hydrogen (secondary N) is 3. The molecule has 576 valence electrons. The molecule has 3 aromatic heterocycles. The summed E-state index contributed by atoms with van der Waals surface area (Å²) in [5.41, 5.74) is 2.51. The van der Waals surface area contributed by atoms with Crippen LogP contribution in [0.15, 0.2) is 143 Å². The van der Waals surface area contributed by atoms with E-state index in [-0.39, 0.29) is 81.5 Å². The number of hydrogen-bond donors (Lipinski definition) is 5. The number of carboxylic acids is 2. The molecule has 3 fully saturated rings. The lowest BCUT2D eigenvalue weighted by Gasteiger charge is -2.43. The zero-order chi connectivity index (χ0) is 77.9. The van der Waals surface area contributed by atoms with Crippen LogP contribution >= 0.6 is 84.7 Å². The first-order chi connectivity index (χ1) is 51.5. The number of aliphatic imine (C=N–C) groups is 3. The molecule has 0 bridgehead atoms. The Bertz CT molecular complexity index is 4510. The molecule has 6 aliphatic rings. The third kappa shape index (κ3) is 20.1. The number of esters is 4. The van der Waals surface area contributed by atoms with Gasteiger partial charge in [-0.2, -0.15) is 0 Å². The smallest absolute Gasteiger partial charge is 0.338 e. The normalized spacial score (nSPS) is 22.2. The van der Waals surface area contributed by atoms with E-state index >= 15 is 0 Å². The third-order valence-electron chi connectivity index (χ3n) is 17.5. The minimum absolute atomic E-state index is 0.00893. The molecule has 3 saturated heterocycles. The standard InChI is InChI=1S/C25H28Cl2N4O5S.C24H26ClFN4O5S.C23H24BrFN4O5S/c1-5-35-24(33)19-17(11-31-13-25(2,3)36-12-18(31)23(32)34-4)29-21(22-28-8-9-37-22)30-20(19)15-7-6-14(26)10-16(15)27;1-4-34-23(33)18-16(10-30-12-24(2,3)35-11-17(30)22(31)32)28-20(21-27-7-8-36-21)29-19(18)14-6-5-13(26)9-15(14)25;1-3-33-23(32)18-16(10-29-9-12(2)34-11-17(29)22(30)31)27-20(21-26-6-7-35-21)28-19(18)14-5-4-13(25)8-15(14)24/h6-10,18,20H,5,11-13H2,1-4H3,(H,29,30);5-9,17,19H,4,10-12H2,1-3H3,(H,28,29)(H,31,32);4-8,12,17,19H,3,9-11H2,1-2H3,(H,27,28)(H,30,31)/t18-,20?;17-,19?;12?,17-,19?/m000/s1. The highest BCUT2D eigenvalue weighted by molar-refractivity contribution is 9.10. The molecule has 0 amide bonds. The Morgan fingerprint density at radius 2 is 0.963 bits per heavy atom. The van der Waals surface area contributed by atoms with E-state index in [0.717, 1.165) is 6.07 Å². The molecule has 27 nitrogen and oxygen atoms in total. The van der Waals surface area contributed by atoms with Crippen molar-refractivity contribution in [2.45, 2.75) is 109 Å². The van der Waals surface area contributed by atoms with Gasteiger partial charge in [0.05, 0.1) is 80.8 Å². The van der Waals surface area contributed by atoms with Crippen molar-refractivity contribution in [3.63, 3.8) is 0 Å². The van der Waals surface area contributed by atoms with Crippen LogP contribution in [-0.2, 0) is 61.9 Å². The first-order valence-corrected chi connectivity index (χ1v) is 38.5. The quantitative estimate of drug-likeness (QED) is 0.0330. The summed E-state index contributed by atoms with van der Waals surface area (Å²) in [6.07, 6.45) is 4.76. The predicted molar refractivity (Wildman–Crippen MR) is 405 cm³/mol. The Morgan fingerprint density at radius 1 is 0.574 bits per heavy atom. The fraction of sp³-hybridized carbons (Fsp3) is 0.417. The van der Waals surface area contributed by atoms with Crippen molar-refractivity contribution < 1.29 is 80.9 Å². The van der Waals surface area contributed by atoms with Gasteiger partial charge < -0.3 is 59.3 Å². The largest absolute Gasteiger partial charge is 0.480 e. The number of carboxylic acid groups (broad SMARTS) is 2. The monoisotopic (exact) mass is 1670 g/mol. The highest BCUT2D eigenvalue weighted by Crippen LogP contribution is 2.42. The molecule has 7 atom stereocenters. The van der Waals surface area contributed by atoms with E-state index in [4.69, 9.17) is 82.9 Å². The topological polar surface area (TPSA) is 329 Å². The number of aromatic nitrogens is 3. The van der Waals surface area contributed by atoms with Crippen LogP contribution < -0.4 is 16.0 Å². The van der Waals surface area contributed by atoms with E-state index < -0.39 is 94.9 Å². The molecule has 0 radical (unpaired) electrons. The molecule has 9 heterocycles. The number of methoxy groups -OCH3 is 1. The summed E-state index contributed by atoms with van der Waals surface area (Å²) in [7, 11) is 1.34. The fourth-order valence-electron chi connectivity index (χ4n) is 12.6. The molecule has 6 aliphatic heterocycles. The van der Waals surface area contributed by atoms with Crippen LogP contribution in [0.3, 0.4) is 0 Å². The van der Waals surface area contributed by atoms with Gasteiger partial charge in [0.2, 0.25) is 0 Å². The molecule has 4 unspecified atom stereocenters. The average molecular weight is 1670 g/mol. The van der Waals surface area contributed by atoms with Gasteiger partial charge in [-0.15, -0.1) is 34.0 Å². The minimum atomic E-state index is -1.04. The minimum Gasteiger partial charge on any atom is -0.480 e. The molecule has 12 rings (SSSR count). The Labute approximate surface area is 656 Å². The van der Waals surface area contributed by atoms with Crippen molar-refractivity contribution >= 4 is 138 Å². The number of rotatable bonds is 21. The van der Waals surface area contributed by atoms with Crippen LogP contribution in [0.2, 0.25) is 15.1 Å². The lowest BCUT2D eigenvalue weighted by molar-refractivity contribution is -0.165. The summed E-state index contributed by atoms with van der Waals surface area (Å²) >= 11 is 26.7. The number of nitrogens with zero attached hydrogens (tertiary/aromatic N) is 9. The second-order valence-corrected chi connectivity index (χ2v) is 30.9. The van der Waals surface area contributed by atoms with E-state index in [9.17, 15) is 47.8 Å². The number of carbonyl (C=O) groups is 6. The summed E-state index contributed by atoms with van der Waals surface area (Å²) in [4.78, 5) is 109. The number of halogens is 6.